The van der Waals surface area contributed by atoms with Crippen LogP contribution < -0.4 is 9.64 Å². The van der Waals surface area contributed by atoms with Crippen LogP contribution in [0.15, 0.2) is 42.6 Å². The number of benzene rings is 1. The van der Waals surface area contributed by atoms with Crippen molar-refractivity contribution in [2.75, 3.05) is 38.2 Å². The van der Waals surface area contributed by atoms with Crippen LogP contribution in [0.2, 0.25) is 0 Å². The van der Waals surface area contributed by atoms with Crippen molar-refractivity contribution in [1.82, 2.24) is 9.88 Å². The number of pyridine rings is 1. The molecule has 1 spiro atoms. The SMILES string of the molecule is COc1ccccc1C1CCN([C@@H]2CCC3(C2)CN(c2ccc(C)nc2)C3)CC1.O=CO. The number of aryl methyl sites for hydroxylation is 1. The van der Waals surface area contributed by atoms with Crippen molar-refractivity contribution in [1.29, 1.82) is 0 Å². The summed E-state index contributed by atoms with van der Waals surface area (Å²) in [7, 11) is 1.79. The highest BCUT2D eigenvalue weighted by molar-refractivity contribution is 5.48. The highest BCUT2D eigenvalue weighted by atomic mass is 16.5. The van der Waals surface area contributed by atoms with E-state index in [0.29, 0.717) is 11.3 Å². The van der Waals surface area contributed by atoms with E-state index < -0.39 is 0 Å². The summed E-state index contributed by atoms with van der Waals surface area (Å²) in [5.41, 5.74) is 4.34. The van der Waals surface area contributed by atoms with Crippen LogP contribution in [0.1, 0.15) is 49.3 Å². The standard InChI is InChI=1S/C25H33N3O.CH2O2/c1-19-7-8-22(16-26-19)28-17-25(18-28)12-9-21(15-25)27-13-10-20(11-14-27)23-5-3-4-6-24(23)29-2;2-1-3/h3-8,16,20-21H,9-15,17-18H2,1-2H3;1H,(H,2,3)/t21-;/m1./s1. The van der Waals surface area contributed by atoms with Crippen molar-refractivity contribution in [3.8, 4) is 5.75 Å². The maximum atomic E-state index is 8.36. The van der Waals surface area contributed by atoms with Gasteiger partial charge in [-0.1, -0.05) is 18.2 Å². The molecule has 5 rings (SSSR count). The van der Waals surface area contributed by atoms with Crippen LogP contribution in [0.25, 0.3) is 0 Å². The van der Waals surface area contributed by atoms with Crippen molar-refractivity contribution < 1.29 is 14.6 Å². The van der Waals surface area contributed by atoms with Crippen LogP contribution in [-0.4, -0.2) is 60.8 Å². The number of nitrogens with zero attached hydrogens (tertiary/aromatic N) is 3. The quantitative estimate of drug-likeness (QED) is 0.718. The Kier molecular flexibility index (Phi) is 6.99. The predicted molar refractivity (Wildman–Crippen MR) is 126 cm³/mol. The Balaban J connectivity index is 0.000000775. The Morgan fingerprint density at radius 2 is 1.84 bits per heavy atom. The van der Waals surface area contributed by atoms with E-state index in [1.54, 1.807) is 7.11 Å². The first-order valence-corrected chi connectivity index (χ1v) is 11.7. The average Bonchev–Trinajstić information content (AvgIpc) is 3.25. The van der Waals surface area contributed by atoms with Gasteiger partial charge < -0.3 is 19.6 Å². The van der Waals surface area contributed by atoms with E-state index in [1.807, 2.05) is 6.20 Å². The van der Waals surface area contributed by atoms with Crippen molar-refractivity contribution in [3.63, 3.8) is 0 Å². The molecule has 1 aromatic heterocycles. The number of rotatable bonds is 4. The number of ether oxygens (including phenoxy) is 1. The zero-order valence-electron chi connectivity index (χ0n) is 19.2. The normalized spacial score (nSPS) is 22.7. The molecule has 1 aliphatic carbocycles. The molecule has 6 nitrogen and oxygen atoms in total. The summed E-state index contributed by atoms with van der Waals surface area (Å²) >= 11 is 0. The molecular weight excluding hydrogens is 402 g/mol. The smallest absolute Gasteiger partial charge is 0.290 e. The lowest BCUT2D eigenvalue weighted by Crippen LogP contribution is -2.56. The third kappa shape index (κ3) is 4.75. The number of carboxylic acid groups (broad SMARTS) is 1. The minimum absolute atomic E-state index is 0.250. The molecular formula is C26H35N3O3. The van der Waals surface area contributed by atoms with E-state index in [0.717, 1.165) is 17.5 Å². The van der Waals surface area contributed by atoms with Gasteiger partial charge in [0.2, 0.25) is 0 Å². The fourth-order valence-electron chi connectivity index (χ4n) is 5.95. The third-order valence-electron chi connectivity index (χ3n) is 7.61. The molecule has 2 aromatic rings. The van der Waals surface area contributed by atoms with E-state index in [4.69, 9.17) is 14.6 Å². The molecule has 3 aliphatic rings. The Morgan fingerprint density at radius 3 is 2.50 bits per heavy atom. The molecule has 1 saturated carbocycles. The van der Waals surface area contributed by atoms with Crippen LogP contribution in [0.3, 0.4) is 0 Å². The summed E-state index contributed by atoms with van der Waals surface area (Å²) in [5, 5.41) is 6.89. The highest BCUT2D eigenvalue weighted by Gasteiger charge is 2.49. The van der Waals surface area contributed by atoms with E-state index in [2.05, 4.69) is 58.1 Å². The van der Waals surface area contributed by atoms with Gasteiger partial charge in [0.15, 0.2) is 0 Å². The molecule has 3 heterocycles. The molecule has 32 heavy (non-hydrogen) atoms. The zero-order valence-corrected chi connectivity index (χ0v) is 19.2. The molecule has 0 amide bonds. The number of piperidine rings is 1. The van der Waals surface area contributed by atoms with Crippen LogP contribution in [0.4, 0.5) is 5.69 Å². The van der Waals surface area contributed by atoms with Gasteiger partial charge in [-0.3, -0.25) is 9.78 Å². The number of para-hydroxylation sites is 1. The molecule has 0 radical (unpaired) electrons. The third-order valence-corrected chi connectivity index (χ3v) is 7.61. The first-order chi connectivity index (χ1) is 15.6. The van der Waals surface area contributed by atoms with E-state index in [1.165, 1.54) is 69.5 Å². The van der Waals surface area contributed by atoms with Gasteiger partial charge in [0, 0.05) is 30.2 Å². The van der Waals surface area contributed by atoms with Gasteiger partial charge in [0.25, 0.3) is 6.47 Å². The number of hydrogen-bond donors (Lipinski definition) is 1. The largest absolute Gasteiger partial charge is 0.496 e. The van der Waals surface area contributed by atoms with Crippen molar-refractivity contribution >= 4 is 12.2 Å². The van der Waals surface area contributed by atoms with Gasteiger partial charge >= 0.3 is 0 Å². The zero-order chi connectivity index (χ0) is 22.6. The van der Waals surface area contributed by atoms with E-state index in [9.17, 15) is 0 Å². The molecule has 2 aliphatic heterocycles. The first kappa shape index (κ1) is 22.6. The number of carbonyl (C=O) groups is 1. The van der Waals surface area contributed by atoms with E-state index in [-0.39, 0.29) is 6.47 Å². The summed E-state index contributed by atoms with van der Waals surface area (Å²) in [6, 6.07) is 13.7. The summed E-state index contributed by atoms with van der Waals surface area (Å²) in [6.45, 7) is 6.70. The van der Waals surface area contributed by atoms with Crippen molar-refractivity contribution in [2.24, 2.45) is 5.41 Å². The number of methoxy groups -OCH3 is 1. The Labute approximate surface area is 191 Å². The number of anilines is 1. The van der Waals surface area contributed by atoms with Crippen molar-refractivity contribution in [3.05, 3.63) is 53.9 Å². The Hall–Kier alpha value is -2.60. The average molecular weight is 438 g/mol. The molecule has 6 heteroatoms. The summed E-state index contributed by atoms with van der Waals surface area (Å²) in [4.78, 5) is 18.1. The number of likely N-dealkylation sites (tertiary alicyclic amines) is 1. The fraction of sp³-hybridized carbons (Fsp3) is 0.538. The molecule has 172 valence electrons. The van der Waals surface area contributed by atoms with Crippen LogP contribution in [0.5, 0.6) is 5.75 Å². The molecule has 2 saturated heterocycles. The van der Waals surface area contributed by atoms with Gasteiger partial charge in [0.1, 0.15) is 5.75 Å². The summed E-state index contributed by atoms with van der Waals surface area (Å²) < 4.78 is 5.60. The lowest BCUT2D eigenvalue weighted by atomic mass is 9.77. The summed E-state index contributed by atoms with van der Waals surface area (Å²) in [5.74, 6) is 1.71. The molecule has 1 N–H and O–H groups in total. The van der Waals surface area contributed by atoms with Crippen LogP contribution in [-0.2, 0) is 4.79 Å². The molecule has 1 atom stereocenters. The minimum atomic E-state index is -0.250. The lowest BCUT2D eigenvalue weighted by Gasteiger charge is -2.50. The van der Waals surface area contributed by atoms with E-state index >= 15 is 0 Å². The van der Waals surface area contributed by atoms with Gasteiger partial charge in [-0.25, -0.2) is 0 Å². The van der Waals surface area contributed by atoms with Crippen LogP contribution in [0, 0.1) is 12.3 Å². The second-order valence-corrected chi connectivity index (χ2v) is 9.57. The Morgan fingerprint density at radius 1 is 1.12 bits per heavy atom. The highest BCUT2D eigenvalue weighted by Crippen LogP contribution is 2.49. The Bertz CT molecular complexity index is 887. The first-order valence-electron chi connectivity index (χ1n) is 11.7. The van der Waals surface area contributed by atoms with Gasteiger partial charge in [-0.15, -0.1) is 0 Å². The number of hydrogen-bond acceptors (Lipinski definition) is 5. The molecule has 1 aromatic carbocycles. The van der Waals surface area contributed by atoms with Gasteiger partial charge in [-0.05, 0) is 81.8 Å². The van der Waals surface area contributed by atoms with Crippen molar-refractivity contribution in [2.45, 2.75) is 51.0 Å². The second-order valence-electron chi connectivity index (χ2n) is 9.57. The predicted octanol–water partition coefficient (Wildman–Crippen LogP) is 4.34. The summed E-state index contributed by atoms with van der Waals surface area (Å²) in [6.07, 6.45) is 8.69. The topological polar surface area (TPSA) is 65.9 Å². The second kappa shape index (κ2) is 9.90. The van der Waals surface area contributed by atoms with Gasteiger partial charge in [-0.2, -0.15) is 0 Å². The maximum absolute atomic E-state index is 8.36. The van der Waals surface area contributed by atoms with Gasteiger partial charge in [0.05, 0.1) is 19.0 Å². The number of aromatic nitrogens is 1. The fourth-order valence-corrected chi connectivity index (χ4v) is 5.95. The van der Waals surface area contributed by atoms with Crippen LogP contribution >= 0.6 is 0 Å². The molecule has 3 fully saturated rings. The molecule has 0 unspecified atom stereocenters. The molecule has 0 bridgehead atoms. The monoisotopic (exact) mass is 437 g/mol. The minimum Gasteiger partial charge on any atom is -0.496 e. The lowest BCUT2D eigenvalue weighted by molar-refractivity contribution is -0.122. The maximum Gasteiger partial charge on any atom is 0.290 e.